The summed E-state index contributed by atoms with van der Waals surface area (Å²) in [5, 5.41) is 12.7. The van der Waals surface area contributed by atoms with Gasteiger partial charge in [0.25, 0.3) is 0 Å². The molecule has 1 aliphatic rings. The van der Waals surface area contributed by atoms with Gasteiger partial charge in [0.15, 0.2) is 5.75 Å². The van der Waals surface area contributed by atoms with Crippen LogP contribution in [0.2, 0.25) is 15.1 Å². The highest BCUT2D eigenvalue weighted by Crippen LogP contribution is 2.37. The molecule has 0 amide bonds. The number of aromatic hydroxyl groups is 1. The summed E-state index contributed by atoms with van der Waals surface area (Å²) in [4.78, 5) is 9.13. The molecule has 0 aromatic heterocycles. The Labute approximate surface area is 140 Å². The highest BCUT2D eigenvalue weighted by molar-refractivity contribution is 6.44. The zero-order valence-electron chi connectivity index (χ0n) is 10.9. The maximum absolute atomic E-state index is 10.00. The zero-order chi connectivity index (χ0) is 15.4. The van der Waals surface area contributed by atoms with Crippen molar-refractivity contribution in [3.63, 3.8) is 0 Å². The second-order valence-electron chi connectivity index (χ2n) is 4.86. The van der Waals surface area contributed by atoms with Crippen LogP contribution in [0.15, 0.2) is 46.4 Å². The summed E-state index contributed by atoms with van der Waals surface area (Å²) in [6.07, 6.45) is 0. The van der Waals surface area contributed by atoms with Crippen LogP contribution in [0.25, 0.3) is 10.8 Å². The van der Waals surface area contributed by atoms with Crippen LogP contribution in [-0.4, -0.2) is 5.11 Å². The van der Waals surface area contributed by atoms with E-state index in [1.165, 1.54) is 0 Å². The molecule has 0 spiro atoms. The molecular weight excluding hydrogens is 343 g/mol. The van der Waals surface area contributed by atoms with Crippen molar-refractivity contribution in [1.82, 2.24) is 0 Å². The summed E-state index contributed by atoms with van der Waals surface area (Å²) in [5.41, 5.74) is 1.45. The molecule has 0 saturated heterocycles. The van der Waals surface area contributed by atoms with Gasteiger partial charge in [0, 0.05) is 5.39 Å². The van der Waals surface area contributed by atoms with Gasteiger partial charge in [0.05, 0.1) is 16.4 Å². The largest absolute Gasteiger partial charge is 0.505 e. The number of rotatable bonds is 0. The molecular formula is C16H7Cl3N2O. The van der Waals surface area contributed by atoms with Crippen molar-refractivity contribution in [2.45, 2.75) is 0 Å². The van der Waals surface area contributed by atoms with E-state index in [1.54, 1.807) is 0 Å². The van der Waals surface area contributed by atoms with Gasteiger partial charge in [-0.2, -0.15) is 0 Å². The fourth-order valence-corrected chi connectivity index (χ4v) is 3.24. The Morgan fingerprint density at radius 3 is 1.86 bits per heavy atom. The molecule has 108 valence electrons. The van der Waals surface area contributed by atoms with Crippen LogP contribution in [0.1, 0.15) is 0 Å². The van der Waals surface area contributed by atoms with Crippen molar-refractivity contribution in [3.8, 4) is 5.75 Å². The molecule has 0 fully saturated rings. The lowest BCUT2D eigenvalue weighted by molar-refractivity contribution is 0.475. The molecule has 0 saturated carbocycles. The summed E-state index contributed by atoms with van der Waals surface area (Å²) in [6.45, 7) is 0. The standard InChI is InChI=1S/C16H7Cl3N2O/c17-11-12(18)16(22)13(19)15-14(11)20-8-5-1-3-7-4-2-6-9(21-15)10(7)8/h1-6,22H. The molecule has 3 aromatic rings. The van der Waals surface area contributed by atoms with E-state index in [0.29, 0.717) is 10.7 Å². The first kappa shape index (κ1) is 13.8. The van der Waals surface area contributed by atoms with E-state index < -0.39 is 0 Å². The van der Waals surface area contributed by atoms with Crippen molar-refractivity contribution < 1.29 is 5.11 Å². The normalized spacial score (nSPS) is 12.3. The van der Waals surface area contributed by atoms with E-state index >= 15 is 0 Å². The van der Waals surface area contributed by atoms with Crippen molar-refractivity contribution in [2.24, 2.45) is 9.98 Å². The third kappa shape index (κ3) is 1.83. The molecule has 0 bridgehead atoms. The van der Waals surface area contributed by atoms with Crippen LogP contribution in [0.3, 0.4) is 0 Å². The van der Waals surface area contributed by atoms with Gasteiger partial charge in [-0.3, -0.25) is 0 Å². The zero-order valence-corrected chi connectivity index (χ0v) is 13.2. The monoisotopic (exact) mass is 348 g/mol. The SMILES string of the molecule is Oc1c(Cl)c(Cl)c2c(c1Cl)=Nc1cccc3cccc(c13)N=2. The number of hydrogen-bond acceptors (Lipinski definition) is 3. The molecule has 0 unspecified atom stereocenters. The molecule has 1 aliphatic heterocycles. The van der Waals surface area contributed by atoms with Gasteiger partial charge in [0.2, 0.25) is 0 Å². The molecule has 1 N–H and O–H groups in total. The summed E-state index contributed by atoms with van der Waals surface area (Å²) in [7, 11) is 0. The van der Waals surface area contributed by atoms with Gasteiger partial charge in [-0.15, -0.1) is 0 Å². The number of hydrogen-bond donors (Lipinski definition) is 1. The number of benzene rings is 3. The van der Waals surface area contributed by atoms with Gasteiger partial charge in [-0.05, 0) is 17.5 Å². The van der Waals surface area contributed by atoms with Crippen molar-refractivity contribution in [1.29, 1.82) is 0 Å². The lowest BCUT2D eigenvalue weighted by Crippen LogP contribution is -2.27. The number of fused-ring (bicyclic) bond motifs is 1. The summed E-state index contributed by atoms with van der Waals surface area (Å²) in [6, 6.07) is 11.5. The van der Waals surface area contributed by atoms with Gasteiger partial charge in [-0.1, -0.05) is 59.1 Å². The predicted molar refractivity (Wildman–Crippen MR) is 88.7 cm³/mol. The van der Waals surface area contributed by atoms with Crippen LogP contribution in [0.4, 0.5) is 11.4 Å². The highest BCUT2D eigenvalue weighted by atomic mass is 35.5. The maximum Gasteiger partial charge on any atom is 0.156 e. The Balaban J connectivity index is 2.32. The molecule has 0 radical (unpaired) electrons. The number of phenols is 1. The third-order valence-electron chi connectivity index (χ3n) is 3.57. The lowest BCUT2D eigenvalue weighted by atomic mass is 10.1. The Morgan fingerprint density at radius 1 is 0.727 bits per heavy atom. The van der Waals surface area contributed by atoms with Crippen molar-refractivity contribution in [3.05, 3.63) is 62.2 Å². The average molecular weight is 350 g/mol. The van der Waals surface area contributed by atoms with E-state index in [2.05, 4.69) is 9.98 Å². The Bertz CT molecular complexity index is 995. The quantitative estimate of drug-likeness (QED) is 0.459. The van der Waals surface area contributed by atoms with E-state index in [1.807, 2.05) is 36.4 Å². The van der Waals surface area contributed by atoms with Crippen molar-refractivity contribution >= 4 is 57.0 Å². The van der Waals surface area contributed by atoms with Crippen molar-refractivity contribution in [2.75, 3.05) is 0 Å². The Morgan fingerprint density at radius 2 is 1.27 bits per heavy atom. The Hall–Kier alpha value is -1.81. The number of nitrogens with zero attached hydrogens (tertiary/aromatic N) is 2. The summed E-state index contributed by atoms with van der Waals surface area (Å²) in [5.74, 6) is -0.288. The van der Waals surface area contributed by atoms with Crippen LogP contribution in [0, 0.1) is 0 Å². The molecule has 1 heterocycles. The van der Waals surface area contributed by atoms with Gasteiger partial charge in [0.1, 0.15) is 20.8 Å². The first-order chi connectivity index (χ1) is 10.6. The van der Waals surface area contributed by atoms with E-state index in [9.17, 15) is 5.11 Å². The lowest BCUT2D eigenvalue weighted by Gasteiger charge is -2.03. The van der Waals surface area contributed by atoms with Crippen LogP contribution in [-0.2, 0) is 0 Å². The van der Waals surface area contributed by atoms with E-state index in [4.69, 9.17) is 34.8 Å². The average Bonchev–Trinajstić information content (AvgIpc) is 2.70. The minimum Gasteiger partial charge on any atom is -0.505 e. The van der Waals surface area contributed by atoms with Crippen LogP contribution in [0.5, 0.6) is 5.75 Å². The highest BCUT2D eigenvalue weighted by Gasteiger charge is 2.18. The van der Waals surface area contributed by atoms with Gasteiger partial charge < -0.3 is 5.11 Å². The molecule has 6 heteroatoms. The first-order valence-corrected chi connectivity index (χ1v) is 7.56. The molecule has 4 rings (SSSR count). The molecule has 22 heavy (non-hydrogen) atoms. The second-order valence-corrected chi connectivity index (χ2v) is 6.00. The predicted octanol–water partition coefficient (Wildman–Crippen LogP) is 4.72. The fourth-order valence-electron chi connectivity index (χ4n) is 2.56. The smallest absolute Gasteiger partial charge is 0.156 e. The topological polar surface area (TPSA) is 45.0 Å². The molecule has 0 aliphatic carbocycles. The summed E-state index contributed by atoms with van der Waals surface area (Å²) < 4.78 is 0. The van der Waals surface area contributed by atoms with Gasteiger partial charge >= 0.3 is 0 Å². The summed E-state index contributed by atoms with van der Waals surface area (Å²) >= 11 is 18.4. The maximum atomic E-state index is 10.00. The first-order valence-electron chi connectivity index (χ1n) is 6.42. The molecule has 3 aromatic carbocycles. The van der Waals surface area contributed by atoms with Gasteiger partial charge in [-0.25, -0.2) is 9.98 Å². The van der Waals surface area contributed by atoms with E-state index in [-0.39, 0.29) is 20.8 Å². The Kier molecular flexibility index (Phi) is 3.05. The second kappa shape index (κ2) is 4.85. The van der Waals surface area contributed by atoms with E-state index in [0.717, 1.165) is 22.1 Å². The minimum absolute atomic E-state index is 0.0255. The number of phenolic OH excluding ortho intramolecular Hbond substituents is 1. The number of halogens is 3. The van der Waals surface area contributed by atoms with Crippen LogP contribution < -0.4 is 10.7 Å². The molecule has 0 atom stereocenters. The van der Waals surface area contributed by atoms with Crippen LogP contribution >= 0.6 is 34.8 Å². The third-order valence-corrected chi connectivity index (χ3v) is 4.76. The minimum atomic E-state index is -0.288. The fraction of sp³-hybridized carbons (Fsp3) is 0. The molecule has 3 nitrogen and oxygen atoms in total.